The fourth-order valence-electron chi connectivity index (χ4n) is 4.03. The third kappa shape index (κ3) is 4.86. The minimum absolute atomic E-state index is 0.00572. The lowest BCUT2D eigenvalue weighted by molar-refractivity contribution is -0.117. The zero-order chi connectivity index (χ0) is 22.9. The Bertz CT molecular complexity index is 1110. The minimum atomic E-state index is -3.60. The molecule has 4 rings (SSSR count). The van der Waals surface area contributed by atoms with Crippen molar-refractivity contribution in [2.24, 2.45) is 11.8 Å². The standard InChI is InChI=1S/C24H29N3O4S/c1-17-7-9-21(10-8-17)32(30,31)27-12-4-11-26(13-14-27)24(29)19-5-3-6-20(16-19)25-23(28)22-15-18(22)2/h3,5-10,16,18,22H,4,11-15H2,1-2H3,(H,25,28). The molecule has 0 aromatic heterocycles. The van der Waals surface area contributed by atoms with Crippen LogP contribution in [0.1, 0.15) is 35.7 Å². The van der Waals surface area contributed by atoms with E-state index in [1.807, 2.05) is 13.8 Å². The van der Waals surface area contributed by atoms with Crippen molar-refractivity contribution in [1.82, 2.24) is 9.21 Å². The van der Waals surface area contributed by atoms with Crippen molar-refractivity contribution in [3.05, 3.63) is 59.7 Å². The van der Waals surface area contributed by atoms with Crippen LogP contribution in [0, 0.1) is 18.8 Å². The first kappa shape index (κ1) is 22.5. The van der Waals surface area contributed by atoms with Gasteiger partial charge in [-0.05, 0) is 56.0 Å². The second-order valence-electron chi connectivity index (χ2n) is 8.75. The van der Waals surface area contributed by atoms with Crippen molar-refractivity contribution in [2.45, 2.75) is 31.6 Å². The highest BCUT2D eigenvalue weighted by atomic mass is 32.2. The lowest BCUT2D eigenvalue weighted by atomic mass is 10.1. The van der Waals surface area contributed by atoms with E-state index >= 15 is 0 Å². The van der Waals surface area contributed by atoms with Crippen molar-refractivity contribution in [3.8, 4) is 0 Å². The van der Waals surface area contributed by atoms with Gasteiger partial charge in [-0.15, -0.1) is 0 Å². The van der Waals surface area contributed by atoms with Gasteiger partial charge >= 0.3 is 0 Å². The van der Waals surface area contributed by atoms with Crippen LogP contribution in [0.3, 0.4) is 0 Å². The van der Waals surface area contributed by atoms with E-state index in [1.165, 1.54) is 4.31 Å². The number of carbonyl (C=O) groups excluding carboxylic acids is 2. The molecular weight excluding hydrogens is 426 g/mol. The Morgan fingerprint density at radius 1 is 1.00 bits per heavy atom. The number of hydrogen-bond acceptors (Lipinski definition) is 4. The van der Waals surface area contributed by atoms with Crippen molar-refractivity contribution >= 4 is 27.5 Å². The van der Waals surface area contributed by atoms with Crippen molar-refractivity contribution in [2.75, 3.05) is 31.5 Å². The molecule has 32 heavy (non-hydrogen) atoms. The summed E-state index contributed by atoms with van der Waals surface area (Å²) in [5.74, 6) is 0.307. The van der Waals surface area contributed by atoms with Gasteiger partial charge in [0.2, 0.25) is 15.9 Å². The van der Waals surface area contributed by atoms with Gasteiger partial charge in [-0.25, -0.2) is 8.42 Å². The van der Waals surface area contributed by atoms with Gasteiger partial charge < -0.3 is 10.2 Å². The summed E-state index contributed by atoms with van der Waals surface area (Å²) in [5.41, 5.74) is 2.10. The number of nitrogens with zero attached hydrogens (tertiary/aromatic N) is 2. The lowest BCUT2D eigenvalue weighted by Gasteiger charge is -2.22. The summed E-state index contributed by atoms with van der Waals surface area (Å²) in [4.78, 5) is 27.3. The van der Waals surface area contributed by atoms with Crippen LogP contribution in [0.25, 0.3) is 0 Å². The number of amides is 2. The zero-order valence-corrected chi connectivity index (χ0v) is 19.3. The van der Waals surface area contributed by atoms with Crippen LogP contribution in [-0.4, -0.2) is 55.6 Å². The van der Waals surface area contributed by atoms with E-state index in [0.29, 0.717) is 43.2 Å². The first-order valence-corrected chi connectivity index (χ1v) is 12.5. The molecule has 2 atom stereocenters. The molecule has 8 heteroatoms. The van der Waals surface area contributed by atoms with Crippen molar-refractivity contribution in [3.63, 3.8) is 0 Å². The van der Waals surface area contributed by atoms with Crippen LogP contribution in [0.4, 0.5) is 5.69 Å². The van der Waals surface area contributed by atoms with Gasteiger partial charge in [0.25, 0.3) is 5.91 Å². The first-order valence-electron chi connectivity index (χ1n) is 11.0. The van der Waals surface area contributed by atoms with Gasteiger partial charge in [-0.1, -0.05) is 30.7 Å². The monoisotopic (exact) mass is 455 g/mol. The van der Waals surface area contributed by atoms with Crippen molar-refractivity contribution < 1.29 is 18.0 Å². The molecule has 0 bridgehead atoms. The maximum Gasteiger partial charge on any atom is 0.253 e. The molecule has 1 heterocycles. The molecule has 0 spiro atoms. The van der Waals surface area contributed by atoms with Crippen LogP contribution in [0.15, 0.2) is 53.4 Å². The van der Waals surface area contributed by atoms with Crippen LogP contribution in [0.2, 0.25) is 0 Å². The number of aryl methyl sites for hydroxylation is 1. The molecular formula is C24H29N3O4S. The average Bonchev–Trinajstić information content (AvgIpc) is 3.55. The second kappa shape index (κ2) is 9.03. The summed E-state index contributed by atoms with van der Waals surface area (Å²) in [5, 5.41) is 2.90. The third-order valence-electron chi connectivity index (χ3n) is 6.22. The molecule has 2 aromatic rings. The summed E-state index contributed by atoms with van der Waals surface area (Å²) in [6.07, 6.45) is 1.47. The number of nitrogens with one attached hydrogen (secondary N) is 1. The van der Waals surface area contributed by atoms with Gasteiger partial charge in [0, 0.05) is 43.3 Å². The highest BCUT2D eigenvalue weighted by molar-refractivity contribution is 7.89. The molecule has 2 unspecified atom stereocenters. The summed E-state index contributed by atoms with van der Waals surface area (Å²) in [6.45, 7) is 5.38. The predicted octanol–water partition coefficient (Wildman–Crippen LogP) is 3.13. The molecule has 2 aliphatic rings. The van der Waals surface area contributed by atoms with Gasteiger partial charge in [0.1, 0.15) is 0 Å². The average molecular weight is 456 g/mol. The number of anilines is 1. The van der Waals surface area contributed by atoms with Crippen LogP contribution < -0.4 is 5.32 Å². The van der Waals surface area contributed by atoms with E-state index in [-0.39, 0.29) is 29.2 Å². The Balaban J connectivity index is 1.42. The predicted molar refractivity (Wildman–Crippen MR) is 123 cm³/mol. The third-order valence-corrected chi connectivity index (χ3v) is 8.14. The fourth-order valence-corrected chi connectivity index (χ4v) is 5.50. The number of benzene rings is 2. The highest BCUT2D eigenvalue weighted by Crippen LogP contribution is 2.38. The highest BCUT2D eigenvalue weighted by Gasteiger charge is 2.39. The van der Waals surface area contributed by atoms with Crippen LogP contribution in [-0.2, 0) is 14.8 Å². The Hall–Kier alpha value is -2.71. The Kier molecular flexibility index (Phi) is 6.35. The van der Waals surface area contributed by atoms with E-state index in [1.54, 1.807) is 53.4 Å². The van der Waals surface area contributed by atoms with Gasteiger partial charge in [0.15, 0.2) is 0 Å². The van der Waals surface area contributed by atoms with E-state index in [2.05, 4.69) is 5.32 Å². The SMILES string of the molecule is Cc1ccc(S(=O)(=O)N2CCCN(C(=O)c3cccc(NC(=O)C4CC4C)c3)CC2)cc1. The van der Waals surface area contributed by atoms with Gasteiger partial charge in [0.05, 0.1) is 4.90 Å². The fraction of sp³-hybridized carbons (Fsp3) is 0.417. The Labute approximate surface area is 189 Å². The molecule has 2 aromatic carbocycles. The zero-order valence-electron chi connectivity index (χ0n) is 18.5. The van der Waals surface area contributed by atoms with E-state index < -0.39 is 10.0 Å². The van der Waals surface area contributed by atoms with Crippen molar-refractivity contribution in [1.29, 1.82) is 0 Å². The van der Waals surface area contributed by atoms with Crippen LogP contribution >= 0.6 is 0 Å². The van der Waals surface area contributed by atoms with Crippen LogP contribution in [0.5, 0.6) is 0 Å². The molecule has 1 saturated heterocycles. The van der Waals surface area contributed by atoms with E-state index in [0.717, 1.165) is 12.0 Å². The minimum Gasteiger partial charge on any atom is -0.337 e. The molecule has 2 amide bonds. The number of carbonyl (C=O) groups is 2. The Morgan fingerprint density at radius 3 is 2.41 bits per heavy atom. The summed E-state index contributed by atoms with van der Waals surface area (Å²) >= 11 is 0. The summed E-state index contributed by atoms with van der Waals surface area (Å²) in [6, 6.07) is 13.8. The molecule has 2 fully saturated rings. The molecule has 170 valence electrons. The number of rotatable bonds is 5. The Morgan fingerprint density at radius 2 is 1.72 bits per heavy atom. The largest absolute Gasteiger partial charge is 0.337 e. The number of hydrogen-bond donors (Lipinski definition) is 1. The molecule has 1 aliphatic heterocycles. The molecule has 1 saturated carbocycles. The van der Waals surface area contributed by atoms with E-state index in [9.17, 15) is 18.0 Å². The molecule has 7 nitrogen and oxygen atoms in total. The lowest BCUT2D eigenvalue weighted by Crippen LogP contribution is -2.37. The first-order chi connectivity index (χ1) is 15.3. The van der Waals surface area contributed by atoms with Gasteiger partial charge in [-0.2, -0.15) is 4.31 Å². The quantitative estimate of drug-likeness (QED) is 0.751. The molecule has 0 radical (unpaired) electrons. The second-order valence-corrected chi connectivity index (χ2v) is 10.7. The van der Waals surface area contributed by atoms with Gasteiger partial charge in [-0.3, -0.25) is 9.59 Å². The summed E-state index contributed by atoms with van der Waals surface area (Å²) < 4.78 is 27.5. The normalized spacial score (nSPS) is 21.6. The molecule has 1 N–H and O–H groups in total. The summed E-state index contributed by atoms with van der Waals surface area (Å²) in [7, 11) is -3.60. The smallest absolute Gasteiger partial charge is 0.253 e. The van der Waals surface area contributed by atoms with E-state index in [4.69, 9.17) is 0 Å². The molecule has 1 aliphatic carbocycles. The maximum absolute atomic E-state index is 13.1. The maximum atomic E-state index is 13.1. The topological polar surface area (TPSA) is 86.8 Å². The number of sulfonamides is 1.